The van der Waals surface area contributed by atoms with Crippen LogP contribution < -0.4 is 9.47 Å². The second-order valence-corrected chi connectivity index (χ2v) is 8.37. The average Bonchev–Trinajstić information content (AvgIpc) is 3.16. The Morgan fingerprint density at radius 2 is 1.77 bits per heavy atom. The number of rotatable bonds is 6. The van der Waals surface area contributed by atoms with E-state index in [1.165, 1.54) is 37.8 Å². The molecule has 152 valence electrons. The molecule has 3 aromatic rings. The highest BCUT2D eigenvalue weighted by Crippen LogP contribution is 2.45. The summed E-state index contributed by atoms with van der Waals surface area (Å²) in [4.78, 5) is 3.73. The lowest BCUT2D eigenvalue weighted by Crippen LogP contribution is -2.36. The Hall–Kier alpha value is -2.78. The van der Waals surface area contributed by atoms with Crippen molar-refractivity contribution in [3.63, 3.8) is 0 Å². The number of hydrogen-bond donors (Lipinski definition) is 0. The van der Waals surface area contributed by atoms with Gasteiger partial charge in [-0.25, -0.2) is 0 Å². The van der Waals surface area contributed by atoms with Gasteiger partial charge < -0.3 is 4.90 Å². The second kappa shape index (κ2) is 9.36. The number of anilines is 1. The number of benzene rings is 2. The predicted molar refractivity (Wildman–Crippen MR) is 131 cm³/mol. The van der Waals surface area contributed by atoms with Gasteiger partial charge in [-0.3, -0.25) is 0 Å². The molecule has 2 heterocycles. The molecule has 1 aliphatic rings. The van der Waals surface area contributed by atoms with E-state index in [1.807, 2.05) is 11.8 Å². The molecule has 0 aliphatic carbocycles. The molecule has 4 rings (SSSR count). The van der Waals surface area contributed by atoms with Crippen LogP contribution in [0.5, 0.6) is 0 Å². The number of aromatic nitrogens is 1. The predicted octanol–water partition coefficient (Wildman–Crippen LogP) is 6.97. The van der Waals surface area contributed by atoms with Crippen molar-refractivity contribution in [1.29, 1.82) is 0 Å². The molecule has 0 atom stereocenters. The van der Waals surface area contributed by atoms with E-state index < -0.39 is 0 Å². The van der Waals surface area contributed by atoms with Crippen LogP contribution in [0.4, 0.5) is 5.69 Å². The van der Waals surface area contributed by atoms with E-state index in [4.69, 9.17) is 0 Å². The number of fused-ring (bicyclic) bond motifs is 2. The van der Waals surface area contributed by atoms with Gasteiger partial charge in [-0.1, -0.05) is 55.1 Å². The van der Waals surface area contributed by atoms with Crippen molar-refractivity contribution >= 4 is 34.4 Å². The minimum absolute atomic E-state index is 0.955. The number of thioether (sulfide) groups is 1. The van der Waals surface area contributed by atoms with E-state index >= 15 is 0 Å². The van der Waals surface area contributed by atoms with Gasteiger partial charge in [-0.2, -0.15) is 4.57 Å². The van der Waals surface area contributed by atoms with Crippen LogP contribution in [0.3, 0.4) is 0 Å². The van der Waals surface area contributed by atoms with Crippen molar-refractivity contribution in [3.05, 3.63) is 95.2 Å². The molecule has 2 nitrogen and oxygen atoms in total. The number of aryl methyl sites for hydroxylation is 1. The maximum atomic E-state index is 2.39. The topological polar surface area (TPSA) is 7.12 Å². The van der Waals surface area contributed by atoms with Gasteiger partial charge in [0.1, 0.15) is 6.54 Å². The van der Waals surface area contributed by atoms with Crippen molar-refractivity contribution in [1.82, 2.24) is 0 Å². The van der Waals surface area contributed by atoms with Gasteiger partial charge in [0.25, 0.3) is 0 Å². The monoisotopic (exact) mass is 413 g/mol. The largest absolute Gasteiger partial charge is 0.335 e. The fraction of sp³-hybridized carbons (Fsp3) is 0.222. The first-order valence-electron chi connectivity index (χ1n) is 10.8. The van der Waals surface area contributed by atoms with Gasteiger partial charge in [0, 0.05) is 35.0 Å². The highest BCUT2D eigenvalue weighted by atomic mass is 32.2. The van der Waals surface area contributed by atoms with Crippen LogP contribution >= 0.6 is 11.8 Å². The van der Waals surface area contributed by atoms with Gasteiger partial charge in [0.15, 0.2) is 0 Å². The third-order valence-corrected chi connectivity index (χ3v) is 6.69. The van der Waals surface area contributed by atoms with Gasteiger partial charge in [-0.15, -0.1) is 0 Å². The summed E-state index contributed by atoms with van der Waals surface area (Å²) in [5, 5.41) is 2.58. The Bertz CT molecular complexity index is 1140. The average molecular weight is 414 g/mol. The van der Waals surface area contributed by atoms with Crippen LogP contribution in [0.15, 0.2) is 94.4 Å². The number of allylic oxidation sites excluding steroid dienone is 4. The first-order valence-corrected chi connectivity index (χ1v) is 11.6. The van der Waals surface area contributed by atoms with E-state index in [0.717, 1.165) is 19.5 Å². The van der Waals surface area contributed by atoms with Gasteiger partial charge in [0.05, 0.1) is 10.7 Å². The highest BCUT2D eigenvalue weighted by Gasteiger charge is 2.22. The normalized spacial score (nSPS) is 15.5. The number of para-hydroxylation sites is 2. The second-order valence-electron chi connectivity index (χ2n) is 7.31. The Balaban J connectivity index is 1.61. The summed E-state index contributed by atoms with van der Waals surface area (Å²) >= 11 is 1.86. The van der Waals surface area contributed by atoms with Gasteiger partial charge in [0.2, 0.25) is 11.2 Å². The van der Waals surface area contributed by atoms with Crippen molar-refractivity contribution in [2.75, 3.05) is 11.4 Å². The molecule has 0 fully saturated rings. The molecule has 0 unspecified atom stereocenters. The molecule has 0 N–H and O–H groups in total. The maximum absolute atomic E-state index is 2.39. The van der Waals surface area contributed by atoms with Crippen molar-refractivity contribution < 1.29 is 4.57 Å². The van der Waals surface area contributed by atoms with Crippen molar-refractivity contribution in [2.24, 2.45) is 0 Å². The molecule has 1 aliphatic heterocycles. The van der Waals surface area contributed by atoms with Crippen LogP contribution in [-0.2, 0) is 6.54 Å². The summed E-state index contributed by atoms with van der Waals surface area (Å²) in [5.74, 6) is 0. The number of nitrogens with zero attached hydrogens (tertiary/aromatic N) is 2. The molecule has 1 aromatic heterocycles. The lowest BCUT2D eigenvalue weighted by atomic mass is 10.1. The van der Waals surface area contributed by atoms with Gasteiger partial charge >= 0.3 is 0 Å². The molecule has 30 heavy (non-hydrogen) atoms. The molecule has 0 bridgehead atoms. The Morgan fingerprint density at radius 3 is 2.57 bits per heavy atom. The zero-order valence-electron chi connectivity index (χ0n) is 18.0. The zero-order valence-corrected chi connectivity index (χ0v) is 18.8. The summed E-state index contributed by atoms with van der Waals surface area (Å²) in [6.45, 7) is 8.57. The summed E-state index contributed by atoms with van der Waals surface area (Å²) < 4.78 is 2.37. The molecule has 2 aromatic carbocycles. The Labute approximate surface area is 184 Å². The Kier molecular flexibility index (Phi) is 6.39. The van der Waals surface area contributed by atoms with E-state index in [1.54, 1.807) is 0 Å². The summed E-state index contributed by atoms with van der Waals surface area (Å²) in [5.41, 5.74) is 5.16. The highest BCUT2D eigenvalue weighted by molar-refractivity contribution is 8.03. The first-order chi connectivity index (χ1) is 14.7. The minimum atomic E-state index is 0.955. The van der Waals surface area contributed by atoms with E-state index in [-0.39, 0.29) is 0 Å². The van der Waals surface area contributed by atoms with Crippen LogP contribution in [0, 0.1) is 0 Å². The number of pyridine rings is 1. The lowest BCUT2D eigenvalue weighted by molar-refractivity contribution is -0.669. The summed E-state index contributed by atoms with van der Waals surface area (Å²) in [6.07, 6.45) is 10.0. The van der Waals surface area contributed by atoms with Crippen LogP contribution in [0.25, 0.3) is 17.0 Å². The molecule has 0 spiro atoms. The molecule has 0 saturated carbocycles. The quantitative estimate of drug-likeness (QED) is 0.318. The van der Waals surface area contributed by atoms with Gasteiger partial charge in [-0.05, 0) is 56.2 Å². The standard InChI is InChI=1S/C27H29N2S/c1-4-21(16-20-27-29(6-3)25-13-9-10-14-26(25)30-27)15-18-23-19-17-22-11-7-8-12-24(22)28(23)5-2/h7-20H,4-6H2,1-3H3/q+1. The van der Waals surface area contributed by atoms with Crippen LogP contribution in [0.2, 0.25) is 0 Å². The molecule has 0 saturated heterocycles. The third kappa shape index (κ3) is 4.08. The van der Waals surface area contributed by atoms with E-state index in [0.29, 0.717) is 0 Å². The number of hydrogen-bond acceptors (Lipinski definition) is 2. The summed E-state index contributed by atoms with van der Waals surface area (Å²) in [6, 6.07) is 21.7. The Morgan fingerprint density at radius 1 is 0.967 bits per heavy atom. The molecular formula is C27H29N2S+. The fourth-order valence-electron chi connectivity index (χ4n) is 3.94. The van der Waals surface area contributed by atoms with Crippen molar-refractivity contribution in [2.45, 2.75) is 38.6 Å². The fourth-order valence-corrected chi connectivity index (χ4v) is 5.07. The molecular weight excluding hydrogens is 384 g/mol. The summed E-state index contributed by atoms with van der Waals surface area (Å²) in [7, 11) is 0. The smallest absolute Gasteiger partial charge is 0.212 e. The minimum Gasteiger partial charge on any atom is -0.335 e. The third-order valence-electron chi connectivity index (χ3n) is 5.56. The van der Waals surface area contributed by atoms with Crippen LogP contribution in [0.1, 0.15) is 32.9 Å². The molecule has 0 amide bonds. The SMILES string of the molecule is CCC(/C=C/c1ccc2ccccc2[n+]1CC)=C\C=C1\Sc2ccccc2N1CC. The maximum Gasteiger partial charge on any atom is 0.212 e. The molecule has 3 heteroatoms. The zero-order chi connectivity index (χ0) is 20.9. The molecule has 0 radical (unpaired) electrons. The van der Waals surface area contributed by atoms with E-state index in [2.05, 4.69) is 115 Å². The van der Waals surface area contributed by atoms with Crippen LogP contribution in [-0.4, -0.2) is 6.54 Å². The first kappa shape index (κ1) is 20.5. The van der Waals surface area contributed by atoms with E-state index in [9.17, 15) is 0 Å². The van der Waals surface area contributed by atoms with Crippen molar-refractivity contribution in [3.8, 4) is 0 Å². The lowest BCUT2D eigenvalue weighted by Gasteiger charge is -2.17.